The van der Waals surface area contributed by atoms with Gasteiger partial charge in [-0.1, -0.05) is 26.0 Å². The van der Waals surface area contributed by atoms with Gasteiger partial charge in [0.25, 0.3) is 0 Å². The standard InChI is InChI=1S/C25H26FNO4/c1-25(2)13-20-24(21(28)14-25)17(16-11-15(30-3)9-10-22(16)31-4)12-23(29)27(20)19-8-6-5-7-18(19)26/h5-11,17H,12-14H2,1-4H3/t17-/m0/s1. The van der Waals surface area contributed by atoms with Crippen LogP contribution in [0.4, 0.5) is 10.1 Å². The summed E-state index contributed by atoms with van der Waals surface area (Å²) >= 11 is 0. The summed E-state index contributed by atoms with van der Waals surface area (Å²) < 4.78 is 25.6. The predicted molar refractivity (Wildman–Crippen MR) is 116 cm³/mol. The number of para-hydroxylation sites is 1. The molecule has 1 atom stereocenters. The van der Waals surface area contributed by atoms with Gasteiger partial charge in [0, 0.05) is 35.6 Å². The van der Waals surface area contributed by atoms with Gasteiger partial charge in [0.1, 0.15) is 17.3 Å². The number of halogens is 1. The molecule has 2 aromatic carbocycles. The summed E-state index contributed by atoms with van der Waals surface area (Å²) in [4.78, 5) is 28.2. The number of allylic oxidation sites excluding steroid dienone is 2. The van der Waals surface area contributed by atoms with Gasteiger partial charge >= 0.3 is 0 Å². The Labute approximate surface area is 181 Å². The molecule has 0 saturated carbocycles. The smallest absolute Gasteiger partial charge is 0.232 e. The molecule has 162 valence electrons. The maximum absolute atomic E-state index is 14.7. The first kappa shape index (κ1) is 21.1. The Morgan fingerprint density at radius 2 is 1.77 bits per heavy atom. The van der Waals surface area contributed by atoms with E-state index in [1.165, 1.54) is 11.0 Å². The lowest BCUT2D eigenvalue weighted by molar-refractivity contribution is -0.121. The van der Waals surface area contributed by atoms with E-state index in [-0.39, 0.29) is 29.2 Å². The van der Waals surface area contributed by atoms with E-state index in [4.69, 9.17) is 9.47 Å². The first-order valence-corrected chi connectivity index (χ1v) is 10.3. The molecule has 0 N–H and O–H groups in total. The number of ether oxygens (including phenoxy) is 2. The normalized spacial score (nSPS) is 20.5. The van der Waals surface area contributed by atoms with E-state index in [0.29, 0.717) is 35.6 Å². The summed E-state index contributed by atoms with van der Waals surface area (Å²) in [7, 11) is 3.12. The first-order valence-electron chi connectivity index (χ1n) is 10.3. The van der Waals surface area contributed by atoms with Crippen molar-refractivity contribution in [3.8, 4) is 11.5 Å². The number of rotatable bonds is 4. The summed E-state index contributed by atoms with van der Waals surface area (Å²) in [5.74, 6) is -0.0257. The molecule has 0 bridgehead atoms. The van der Waals surface area contributed by atoms with Crippen molar-refractivity contribution in [2.75, 3.05) is 19.1 Å². The van der Waals surface area contributed by atoms with Gasteiger partial charge in [-0.3, -0.25) is 14.5 Å². The highest BCUT2D eigenvalue weighted by Gasteiger charge is 2.45. The number of carbonyl (C=O) groups excluding carboxylic acids is 2. The van der Waals surface area contributed by atoms with Crippen LogP contribution in [0.5, 0.6) is 11.5 Å². The van der Waals surface area contributed by atoms with Gasteiger partial charge in [0.2, 0.25) is 5.91 Å². The summed E-state index contributed by atoms with van der Waals surface area (Å²) in [6.45, 7) is 3.99. The average molecular weight is 423 g/mol. The number of anilines is 1. The molecular weight excluding hydrogens is 397 g/mol. The van der Waals surface area contributed by atoms with E-state index in [1.807, 2.05) is 19.9 Å². The van der Waals surface area contributed by atoms with Crippen LogP contribution in [0, 0.1) is 11.2 Å². The van der Waals surface area contributed by atoms with Crippen LogP contribution in [0.1, 0.15) is 44.6 Å². The van der Waals surface area contributed by atoms with Crippen LogP contribution < -0.4 is 14.4 Å². The van der Waals surface area contributed by atoms with Gasteiger partial charge in [-0.05, 0) is 42.2 Å². The summed E-state index contributed by atoms with van der Waals surface area (Å²) in [6, 6.07) is 11.6. The zero-order valence-electron chi connectivity index (χ0n) is 18.2. The van der Waals surface area contributed by atoms with E-state index >= 15 is 0 Å². The van der Waals surface area contributed by atoms with Crippen LogP contribution in [0.2, 0.25) is 0 Å². The first-order chi connectivity index (χ1) is 14.8. The van der Waals surface area contributed by atoms with Crippen molar-refractivity contribution < 1.29 is 23.5 Å². The fraction of sp³-hybridized carbons (Fsp3) is 0.360. The molecule has 0 fully saturated rings. The molecule has 31 heavy (non-hydrogen) atoms. The largest absolute Gasteiger partial charge is 0.497 e. The zero-order chi connectivity index (χ0) is 22.3. The van der Waals surface area contributed by atoms with Crippen molar-refractivity contribution in [1.82, 2.24) is 0 Å². The molecule has 1 aliphatic heterocycles. The molecule has 0 aromatic heterocycles. The third kappa shape index (κ3) is 3.71. The quantitative estimate of drug-likeness (QED) is 0.694. The lowest BCUT2D eigenvalue weighted by Gasteiger charge is -2.43. The van der Waals surface area contributed by atoms with Crippen LogP contribution in [-0.2, 0) is 9.59 Å². The van der Waals surface area contributed by atoms with E-state index in [0.717, 1.165) is 5.56 Å². The molecule has 4 rings (SSSR count). The third-order valence-electron chi connectivity index (χ3n) is 6.05. The molecule has 6 heteroatoms. The number of hydrogen-bond acceptors (Lipinski definition) is 4. The van der Waals surface area contributed by atoms with Gasteiger partial charge in [0.05, 0.1) is 19.9 Å². The molecule has 0 unspecified atom stereocenters. The highest BCUT2D eigenvalue weighted by Crippen LogP contribution is 2.50. The highest BCUT2D eigenvalue weighted by molar-refractivity contribution is 6.08. The minimum atomic E-state index is -0.490. The molecule has 0 spiro atoms. The van der Waals surface area contributed by atoms with Gasteiger partial charge < -0.3 is 9.47 Å². The monoisotopic (exact) mass is 423 g/mol. The third-order valence-corrected chi connectivity index (χ3v) is 6.05. The number of benzene rings is 2. The summed E-state index contributed by atoms with van der Waals surface area (Å²) in [5.41, 5.74) is 1.72. The molecular formula is C25H26FNO4. The Kier molecular flexibility index (Phi) is 5.33. The Hall–Kier alpha value is -3.15. The number of amides is 1. The minimum absolute atomic E-state index is 0.0186. The predicted octanol–water partition coefficient (Wildman–Crippen LogP) is 5.01. The molecule has 2 aromatic rings. The van der Waals surface area contributed by atoms with Gasteiger partial charge in [-0.15, -0.1) is 0 Å². The van der Waals surface area contributed by atoms with E-state index in [2.05, 4.69) is 0 Å². The van der Waals surface area contributed by atoms with E-state index in [1.54, 1.807) is 44.6 Å². The maximum Gasteiger partial charge on any atom is 0.232 e. The lowest BCUT2D eigenvalue weighted by atomic mass is 9.69. The molecule has 2 aliphatic rings. The van der Waals surface area contributed by atoms with E-state index < -0.39 is 11.7 Å². The van der Waals surface area contributed by atoms with Crippen LogP contribution in [0.25, 0.3) is 0 Å². The van der Waals surface area contributed by atoms with Crippen molar-refractivity contribution >= 4 is 17.4 Å². The maximum atomic E-state index is 14.7. The van der Waals surface area contributed by atoms with Crippen LogP contribution in [0.3, 0.4) is 0 Å². The number of carbonyl (C=O) groups is 2. The van der Waals surface area contributed by atoms with Crippen LogP contribution in [-0.4, -0.2) is 25.9 Å². The van der Waals surface area contributed by atoms with Crippen molar-refractivity contribution in [2.45, 2.75) is 39.0 Å². The summed E-state index contributed by atoms with van der Waals surface area (Å²) in [5, 5.41) is 0. The van der Waals surface area contributed by atoms with Gasteiger partial charge in [-0.2, -0.15) is 0 Å². The van der Waals surface area contributed by atoms with Crippen molar-refractivity contribution in [3.05, 3.63) is 65.1 Å². The molecule has 5 nitrogen and oxygen atoms in total. The van der Waals surface area contributed by atoms with Gasteiger partial charge in [-0.25, -0.2) is 4.39 Å². The second-order valence-corrected chi connectivity index (χ2v) is 8.85. The number of hydrogen-bond donors (Lipinski definition) is 0. The fourth-order valence-corrected chi connectivity index (χ4v) is 4.71. The van der Waals surface area contributed by atoms with Crippen LogP contribution >= 0.6 is 0 Å². The zero-order valence-corrected chi connectivity index (χ0v) is 18.2. The van der Waals surface area contributed by atoms with Crippen molar-refractivity contribution in [1.29, 1.82) is 0 Å². The Morgan fingerprint density at radius 3 is 2.45 bits per heavy atom. The molecule has 1 amide bonds. The van der Waals surface area contributed by atoms with Gasteiger partial charge in [0.15, 0.2) is 5.78 Å². The number of methoxy groups -OCH3 is 2. The second kappa shape index (κ2) is 7.84. The fourth-order valence-electron chi connectivity index (χ4n) is 4.71. The molecule has 1 heterocycles. The Morgan fingerprint density at radius 1 is 1.03 bits per heavy atom. The van der Waals surface area contributed by atoms with Crippen LogP contribution in [0.15, 0.2) is 53.7 Å². The summed E-state index contributed by atoms with van der Waals surface area (Å²) in [6.07, 6.45) is 0.910. The van der Waals surface area contributed by atoms with Crippen molar-refractivity contribution in [2.24, 2.45) is 5.41 Å². The minimum Gasteiger partial charge on any atom is -0.497 e. The highest BCUT2D eigenvalue weighted by atomic mass is 19.1. The molecule has 0 radical (unpaired) electrons. The second-order valence-electron chi connectivity index (χ2n) is 8.85. The van der Waals surface area contributed by atoms with Crippen molar-refractivity contribution in [3.63, 3.8) is 0 Å². The number of nitrogens with zero attached hydrogens (tertiary/aromatic N) is 1. The number of Topliss-reactive ketones (excluding diaryl/α,β-unsaturated/α-hetero) is 1. The SMILES string of the molecule is COc1ccc(OC)c([C@@H]2CC(=O)N(c3ccccc3F)C3=C2C(=O)CC(C)(C)C3)c1. The molecule has 1 aliphatic carbocycles. The van der Waals surface area contributed by atoms with E-state index in [9.17, 15) is 14.0 Å². The Balaban J connectivity index is 1.95. The number of ketones is 1. The Bertz CT molecular complexity index is 1090. The topological polar surface area (TPSA) is 55.8 Å². The molecule has 0 saturated heterocycles. The lowest BCUT2D eigenvalue weighted by Crippen LogP contribution is -2.44. The average Bonchev–Trinajstić information content (AvgIpc) is 2.72.